The lowest BCUT2D eigenvalue weighted by molar-refractivity contribution is 0.251. The Morgan fingerprint density at radius 2 is 1.73 bits per heavy atom. The van der Waals surface area contributed by atoms with Crippen LogP contribution in [0.15, 0.2) is 59.4 Å². The van der Waals surface area contributed by atoms with Gasteiger partial charge in [-0.25, -0.2) is 14.5 Å². The van der Waals surface area contributed by atoms with Gasteiger partial charge in [-0.05, 0) is 38.1 Å². The van der Waals surface area contributed by atoms with Gasteiger partial charge in [-0.1, -0.05) is 30.3 Å². The maximum atomic E-state index is 12.9. The number of carbonyl (C=O) groups is 1. The normalized spacial score (nSPS) is 11.0. The van der Waals surface area contributed by atoms with Gasteiger partial charge in [-0.15, -0.1) is 0 Å². The first-order chi connectivity index (χ1) is 14.5. The van der Waals surface area contributed by atoms with Crippen LogP contribution in [0.5, 0.6) is 0 Å². The van der Waals surface area contributed by atoms with Crippen molar-refractivity contribution in [3.63, 3.8) is 0 Å². The predicted molar refractivity (Wildman–Crippen MR) is 117 cm³/mol. The number of fused-ring (bicyclic) bond motifs is 1. The summed E-state index contributed by atoms with van der Waals surface area (Å²) in [6, 6.07) is 16.8. The number of rotatable bonds is 5. The molecule has 8 heteroatoms. The topological polar surface area (TPSA) is 85.9 Å². The number of imidazole rings is 1. The van der Waals surface area contributed by atoms with E-state index in [1.54, 1.807) is 18.7 Å². The average Bonchev–Trinajstić information content (AvgIpc) is 3.17. The van der Waals surface area contributed by atoms with Crippen molar-refractivity contribution in [2.24, 2.45) is 7.05 Å². The minimum atomic E-state index is -0.414. The maximum Gasteiger partial charge on any atom is 0.319 e. The van der Waals surface area contributed by atoms with E-state index in [0.717, 1.165) is 22.5 Å². The van der Waals surface area contributed by atoms with Crippen LogP contribution in [0.3, 0.4) is 0 Å². The Balaban J connectivity index is 1.46. The Morgan fingerprint density at radius 3 is 2.50 bits per heavy atom. The molecule has 2 aromatic heterocycles. The number of urea groups is 1. The summed E-state index contributed by atoms with van der Waals surface area (Å²) in [5.41, 5.74) is 3.37. The molecule has 0 unspecified atom stereocenters. The van der Waals surface area contributed by atoms with E-state index in [9.17, 15) is 9.59 Å². The Kier molecular flexibility index (Phi) is 5.14. The summed E-state index contributed by atoms with van der Waals surface area (Å²) in [6.07, 6.45) is 0. The standard InChI is InChI=1S/C22H24N6O2/c1-15-20(21(29)28(26(15)3)17-9-5-4-6-10-17)25-22(30)23-13-14-27-16(2)24-18-11-7-8-12-19(18)27/h4-12H,13-14H2,1-3H3,(H2,23,25,30). The van der Waals surface area contributed by atoms with E-state index < -0.39 is 6.03 Å². The lowest BCUT2D eigenvalue weighted by atomic mass is 10.3. The zero-order chi connectivity index (χ0) is 21.3. The predicted octanol–water partition coefficient (Wildman–Crippen LogP) is 2.96. The van der Waals surface area contributed by atoms with Crippen LogP contribution in [0.1, 0.15) is 11.5 Å². The summed E-state index contributed by atoms with van der Waals surface area (Å²) in [4.78, 5) is 29.9. The van der Waals surface area contributed by atoms with Crippen molar-refractivity contribution in [3.05, 3.63) is 76.5 Å². The van der Waals surface area contributed by atoms with Crippen molar-refractivity contribution in [1.29, 1.82) is 0 Å². The summed E-state index contributed by atoms with van der Waals surface area (Å²) in [6.45, 7) is 4.74. The fourth-order valence-corrected chi connectivity index (χ4v) is 3.63. The monoisotopic (exact) mass is 404 g/mol. The SMILES string of the molecule is Cc1nc2ccccc2n1CCNC(=O)Nc1c(C)n(C)n(-c2ccccc2)c1=O. The second kappa shape index (κ2) is 7.90. The van der Waals surface area contributed by atoms with Gasteiger partial charge in [0.1, 0.15) is 11.5 Å². The number of aromatic nitrogens is 4. The fraction of sp³-hybridized carbons (Fsp3) is 0.227. The van der Waals surface area contributed by atoms with Crippen LogP contribution in [0.4, 0.5) is 10.5 Å². The number of nitrogens with one attached hydrogen (secondary N) is 2. The molecule has 2 heterocycles. The zero-order valence-electron chi connectivity index (χ0n) is 17.2. The highest BCUT2D eigenvalue weighted by Crippen LogP contribution is 2.15. The zero-order valence-corrected chi connectivity index (χ0v) is 17.2. The van der Waals surface area contributed by atoms with Gasteiger partial charge in [0.15, 0.2) is 0 Å². The molecule has 0 atom stereocenters. The van der Waals surface area contributed by atoms with Crippen LogP contribution in [0, 0.1) is 13.8 Å². The van der Waals surface area contributed by atoms with Crippen molar-refractivity contribution in [2.75, 3.05) is 11.9 Å². The van der Waals surface area contributed by atoms with Crippen molar-refractivity contribution in [3.8, 4) is 5.69 Å². The van der Waals surface area contributed by atoms with Gasteiger partial charge >= 0.3 is 6.03 Å². The summed E-state index contributed by atoms with van der Waals surface area (Å²) in [5, 5.41) is 5.54. The second-order valence-corrected chi connectivity index (χ2v) is 7.12. The highest BCUT2D eigenvalue weighted by molar-refractivity contribution is 5.89. The molecule has 30 heavy (non-hydrogen) atoms. The number of benzene rings is 2. The van der Waals surface area contributed by atoms with Crippen molar-refractivity contribution in [1.82, 2.24) is 24.2 Å². The van der Waals surface area contributed by atoms with Crippen LogP contribution in [-0.2, 0) is 13.6 Å². The van der Waals surface area contributed by atoms with Gasteiger partial charge < -0.3 is 15.2 Å². The highest BCUT2D eigenvalue weighted by Gasteiger charge is 2.18. The fourth-order valence-electron chi connectivity index (χ4n) is 3.63. The molecule has 8 nitrogen and oxygen atoms in total. The van der Waals surface area contributed by atoms with Gasteiger partial charge in [0.05, 0.1) is 22.4 Å². The Morgan fingerprint density at radius 1 is 1.03 bits per heavy atom. The number of anilines is 1. The average molecular weight is 404 g/mol. The van der Waals surface area contributed by atoms with E-state index in [1.807, 2.05) is 61.5 Å². The molecule has 0 aliphatic rings. The number of amides is 2. The smallest absolute Gasteiger partial charge is 0.319 e. The number of hydrogen-bond acceptors (Lipinski definition) is 3. The Bertz CT molecular complexity index is 1270. The number of para-hydroxylation sites is 3. The Hall–Kier alpha value is -3.81. The van der Waals surface area contributed by atoms with E-state index in [1.165, 1.54) is 4.68 Å². The molecule has 2 N–H and O–H groups in total. The first kappa shape index (κ1) is 19.5. The third kappa shape index (κ3) is 3.47. The molecule has 0 saturated heterocycles. The molecule has 0 radical (unpaired) electrons. The number of aryl methyl sites for hydroxylation is 1. The molecular formula is C22H24N6O2. The van der Waals surface area contributed by atoms with Crippen LogP contribution in [-0.4, -0.2) is 31.5 Å². The number of hydrogen-bond donors (Lipinski definition) is 2. The molecule has 4 rings (SSSR count). The third-order valence-corrected chi connectivity index (χ3v) is 5.26. The summed E-state index contributed by atoms with van der Waals surface area (Å²) in [7, 11) is 1.79. The van der Waals surface area contributed by atoms with Crippen molar-refractivity contribution < 1.29 is 4.79 Å². The lowest BCUT2D eigenvalue weighted by Crippen LogP contribution is -2.33. The molecule has 0 bridgehead atoms. The minimum absolute atomic E-state index is 0.267. The molecule has 0 aliphatic heterocycles. The largest absolute Gasteiger partial charge is 0.336 e. The first-order valence-corrected chi connectivity index (χ1v) is 9.78. The molecule has 0 saturated carbocycles. The van der Waals surface area contributed by atoms with Crippen molar-refractivity contribution >= 4 is 22.8 Å². The number of nitrogens with zero attached hydrogens (tertiary/aromatic N) is 4. The molecule has 0 fully saturated rings. The molecule has 4 aromatic rings. The quantitative estimate of drug-likeness (QED) is 0.536. The summed E-state index contributed by atoms with van der Waals surface area (Å²) < 4.78 is 5.33. The Labute approximate surface area is 173 Å². The van der Waals surface area contributed by atoms with Gasteiger partial charge in [-0.3, -0.25) is 9.48 Å². The maximum absolute atomic E-state index is 12.9. The first-order valence-electron chi connectivity index (χ1n) is 9.78. The molecule has 0 aliphatic carbocycles. The molecule has 2 aromatic carbocycles. The van der Waals surface area contributed by atoms with E-state index in [4.69, 9.17) is 0 Å². The van der Waals surface area contributed by atoms with Crippen LogP contribution in [0.2, 0.25) is 0 Å². The van der Waals surface area contributed by atoms with Gasteiger partial charge in [0.25, 0.3) is 5.56 Å². The molecule has 2 amide bonds. The van der Waals surface area contributed by atoms with Crippen LogP contribution >= 0.6 is 0 Å². The summed E-state index contributed by atoms with van der Waals surface area (Å²) in [5.74, 6) is 0.892. The van der Waals surface area contributed by atoms with Crippen molar-refractivity contribution in [2.45, 2.75) is 20.4 Å². The lowest BCUT2D eigenvalue weighted by Gasteiger charge is -2.09. The van der Waals surface area contributed by atoms with E-state index in [2.05, 4.69) is 20.2 Å². The van der Waals surface area contributed by atoms with Crippen LogP contribution in [0.25, 0.3) is 16.7 Å². The molecule has 0 spiro atoms. The van der Waals surface area contributed by atoms with Crippen LogP contribution < -0.4 is 16.2 Å². The van der Waals surface area contributed by atoms with Gasteiger partial charge in [0.2, 0.25) is 0 Å². The minimum Gasteiger partial charge on any atom is -0.336 e. The van der Waals surface area contributed by atoms with E-state index in [0.29, 0.717) is 18.8 Å². The van der Waals surface area contributed by atoms with E-state index in [-0.39, 0.29) is 11.2 Å². The number of carbonyl (C=O) groups excluding carboxylic acids is 1. The molecular weight excluding hydrogens is 380 g/mol. The second-order valence-electron chi connectivity index (χ2n) is 7.12. The third-order valence-electron chi connectivity index (χ3n) is 5.26. The summed E-state index contributed by atoms with van der Waals surface area (Å²) >= 11 is 0. The highest BCUT2D eigenvalue weighted by atomic mass is 16.2. The van der Waals surface area contributed by atoms with Gasteiger partial charge in [0, 0.05) is 20.1 Å². The van der Waals surface area contributed by atoms with Gasteiger partial charge in [-0.2, -0.15) is 0 Å². The van der Waals surface area contributed by atoms with E-state index >= 15 is 0 Å². The molecule has 154 valence electrons.